The van der Waals surface area contributed by atoms with Gasteiger partial charge in [-0.15, -0.1) is 5.10 Å². The van der Waals surface area contributed by atoms with Gasteiger partial charge in [0.2, 0.25) is 0 Å². The van der Waals surface area contributed by atoms with E-state index in [1.165, 1.54) is 12.3 Å². The molecule has 0 aliphatic carbocycles. The van der Waals surface area contributed by atoms with Crippen molar-refractivity contribution in [3.05, 3.63) is 17.8 Å². The van der Waals surface area contributed by atoms with E-state index in [9.17, 15) is 4.79 Å². The first-order chi connectivity index (χ1) is 9.25. The van der Waals surface area contributed by atoms with Crippen molar-refractivity contribution in [2.45, 2.75) is 12.8 Å². The Labute approximate surface area is 111 Å². The number of rotatable bonds is 10. The Morgan fingerprint density at radius 2 is 2.21 bits per heavy atom. The topological polar surface area (TPSA) is 93.6 Å². The van der Waals surface area contributed by atoms with E-state index in [0.717, 1.165) is 12.8 Å². The van der Waals surface area contributed by atoms with E-state index in [1.54, 1.807) is 7.11 Å². The van der Waals surface area contributed by atoms with E-state index in [4.69, 9.17) is 14.6 Å². The lowest BCUT2D eigenvalue weighted by molar-refractivity contribution is 0.0690. The Bertz CT molecular complexity index is 387. The highest BCUT2D eigenvalue weighted by molar-refractivity contribution is 5.92. The normalized spacial score (nSPS) is 10.4. The first-order valence-corrected chi connectivity index (χ1v) is 6.11. The number of aromatic carboxylic acids is 1. The summed E-state index contributed by atoms with van der Waals surface area (Å²) in [4.78, 5) is 10.9. The Kier molecular flexibility index (Phi) is 7.45. The van der Waals surface area contributed by atoms with Gasteiger partial charge in [0.15, 0.2) is 5.82 Å². The Hall–Kier alpha value is -1.73. The molecule has 106 valence electrons. The van der Waals surface area contributed by atoms with Gasteiger partial charge >= 0.3 is 5.97 Å². The molecular weight excluding hydrogens is 250 g/mol. The van der Waals surface area contributed by atoms with E-state index in [-0.39, 0.29) is 5.56 Å². The van der Waals surface area contributed by atoms with Gasteiger partial charge in [-0.1, -0.05) is 0 Å². The number of anilines is 1. The van der Waals surface area contributed by atoms with Crippen molar-refractivity contribution in [1.29, 1.82) is 0 Å². The predicted molar refractivity (Wildman–Crippen MR) is 69.4 cm³/mol. The van der Waals surface area contributed by atoms with Crippen molar-refractivity contribution in [3.63, 3.8) is 0 Å². The fourth-order valence-electron chi connectivity index (χ4n) is 1.42. The van der Waals surface area contributed by atoms with Crippen molar-refractivity contribution in [1.82, 2.24) is 10.2 Å². The zero-order chi connectivity index (χ0) is 13.9. The van der Waals surface area contributed by atoms with Gasteiger partial charge in [0.25, 0.3) is 0 Å². The predicted octanol–water partition coefficient (Wildman–Crippen LogP) is 1.03. The molecule has 0 radical (unpaired) electrons. The summed E-state index contributed by atoms with van der Waals surface area (Å²) < 4.78 is 10.2. The van der Waals surface area contributed by atoms with Crippen LogP contribution < -0.4 is 5.32 Å². The Morgan fingerprint density at radius 3 is 2.95 bits per heavy atom. The molecule has 1 rings (SSSR count). The van der Waals surface area contributed by atoms with Crippen LogP contribution in [0, 0.1) is 0 Å². The minimum absolute atomic E-state index is 0.131. The molecule has 7 heteroatoms. The van der Waals surface area contributed by atoms with E-state index in [2.05, 4.69) is 15.5 Å². The van der Waals surface area contributed by atoms with Gasteiger partial charge in [-0.2, -0.15) is 5.10 Å². The molecule has 0 saturated heterocycles. The highest BCUT2D eigenvalue weighted by Gasteiger charge is 2.10. The number of hydrogen-bond donors (Lipinski definition) is 2. The quantitative estimate of drug-likeness (QED) is 0.613. The molecule has 0 fully saturated rings. The number of carboxylic acid groups (broad SMARTS) is 1. The van der Waals surface area contributed by atoms with Crippen molar-refractivity contribution < 1.29 is 19.4 Å². The highest BCUT2D eigenvalue weighted by Crippen LogP contribution is 2.09. The molecule has 0 bridgehead atoms. The lowest BCUT2D eigenvalue weighted by atomic mass is 10.2. The zero-order valence-corrected chi connectivity index (χ0v) is 11.0. The van der Waals surface area contributed by atoms with Gasteiger partial charge in [0, 0.05) is 20.3 Å². The summed E-state index contributed by atoms with van der Waals surface area (Å²) in [5.41, 5.74) is 0.131. The first kappa shape index (κ1) is 15.3. The smallest absolute Gasteiger partial charge is 0.339 e. The first-order valence-electron chi connectivity index (χ1n) is 6.11. The Balaban J connectivity index is 2.17. The summed E-state index contributed by atoms with van der Waals surface area (Å²) in [5, 5.41) is 19.3. The van der Waals surface area contributed by atoms with Crippen LogP contribution in [-0.2, 0) is 9.47 Å². The van der Waals surface area contributed by atoms with Crippen LogP contribution in [0.5, 0.6) is 0 Å². The molecule has 0 atom stereocenters. The number of methoxy groups -OCH3 is 1. The van der Waals surface area contributed by atoms with Crippen molar-refractivity contribution >= 4 is 11.8 Å². The molecule has 0 aliphatic heterocycles. The summed E-state index contributed by atoms with van der Waals surface area (Å²) in [7, 11) is 1.63. The van der Waals surface area contributed by atoms with Gasteiger partial charge < -0.3 is 19.9 Å². The minimum atomic E-state index is -1.01. The number of ether oxygens (including phenoxy) is 2. The number of unbranched alkanes of at least 4 members (excludes halogenated alkanes) is 1. The second kappa shape index (κ2) is 9.23. The molecule has 0 aliphatic rings. The van der Waals surface area contributed by atoms with E-state index in [0.29, 0.717) is 32.2 Å². The second-order valence-electron chi connectivity index (χ2n) is 3.84. The number of nitrogens with one attached hydrogen (secondary N) is 1. The third-order valence-corrected chi connectivity index (χ3v) is 2.39. The lowest BCUT2D eigenvalue weighted by Crippen LogP contribution is -2.11. The fraction of sp³-hybridized carbons (Fsp3) is 0.583. The van der Waals surface area contributed by atoms with Crippen molar-refractivity contribution in [2.75, 3.05) is 38.8 Å². The number of carbonyl (C=O) groups is 1. The largest absolute Gasteiger partial charge is 0.478 e. The maximum atomic E-state index is 10.9. The molecule has 7 nitrogen and oxygen atoms in total. The van der Waals surface area contributed by atoms with Crippen LogP contribution in [0.2, 0.25) is 0 Å². The molecule has 0 amide bonds. The van der Waals surface area contributed by atoms with Crippen LogP contribution in [0.25, 0.3) is 0 Å². The summed E-state index contributed by atoms with van der Waals surface area (Å²) in [5.74, 6) is -0.712. The third-order valence-electron chi connectivity index (χ3n) is 2.39. The van der Waals surface area contributed by atoms with Crippen molar-refractivity contribution in [3.8, 4) is 0 Å². The maximum Gasteiger partial charge on any atom is 0.339 e. The molecule has 1 aromatic heterocycles. The molecule has 1 aromatic rings. The van der Waals surface area contributed by atoms with E-state index in [1.807, 2.05) is 0 Å². The molecule has 0 aromatic carbocycles. The van der Waals surface area contributed by atoms with Gasteiger partial charge in [-0.05, 0) is 18.9 Å². The average Bonchev–Trinajstić information content (AvgIpc) is 2.42. The SMILES string of the molecule is COCCOCCCCNc1nnccc1C(=O)O. The van der Waals surface area contributed by atoms with Gasteiger partial charge in [0.1, 0.15) is 5.56 Å². The molecular formula is C12H19N3O4. The Morgan fingerprint density at radius 1 is 1.37 bits per heavy atom. The molecule has 0 spiro atoms. The zero-order valence-electron chi connectivity index (χ0n) is 11.0. The summed E-state index contributed by atoms with van der Waals surface area (Å²) in [6, 6.07) is 1.42. The molecule has 0 saturated carbocycles. The average molecular weight is 269 g/mol. The lowest BCUT2D eigenvalue weighted by Gasteiger charge is -2.07. The molecule has 2 N–H and O–H groups in total. The van der Waals surface area contributed by atoms with E-state index >= 15 is 0 Å². The molecule has 19 heavy (non-hydrogen) atoms. The van der Waals surface area contributed by atoms with Crippen LogP contribution in [0.1, 0.15) is 23.2 Å². The standard InChI is InChI=1S/C12H19N3O4/c1-18-8-9-19-7-3-2-5-13-11-10(12(16)17)4-6-14-15-11/h4,6H,2-3,5,7-9H2,1H3,(H,13,15)(H,16,17). The van der Waals surface area contributed by atoms with Crippen molar-refractivity contribution in [2.24, 2.45) is 0 Å². The maximum absolute atomic E-state index is 10.9. The second-order valence-corrected chi connectivity index (χ2v) is 3.84. The van der Waals surface area contributed by atoms with Gasteiger partial charge in [-0.3, -0.25) is 0 Å². The summed E-state index contributed by atoms with van der Waals surface area (Å²) in [6.07, 6.45) is 3.11. The summed E-state index contributed by atoms with van der Waals surface area (Å²) in [6.45, 7) is 2.49. The van der Waals surface area contributed by atoms with Gasteiger partial charge in [0.05, 0.1) is 19.4 Å². The molecule has 0 unspecified atom stereocenters. The van der Waals surface area contributed by atoms with Crippen LogP contribution in [0.3, 0.4) is 0 Å². The van der Waals surface area contributed by atoms with Gasteiger partial charge in [-0.25, -0.2) is 4.79 Å². The van der Waals surface area contributed by atoms with Crippen LogP contribution in [0.15, 0.2) is 12.3 Å². The number of nitrogens with zero attached hydrogens (tertiary/aromatic N) is 2. The minimum Gasteiger partial charge on any atom is -0.478 e. The van der Waals surface area contributed by atoms with Crippen LogP contribution in [-0.4, -0.2) is 54.7 Å². The monoisotopic (exact) mass is 269 g/mol. The summed E-state index contributed by atoms with van der Waals surface area (Å²) >= 11 is 0. The van der Waals surface area contributed by atoms with Crippen LogP contribution in [0.4, 0.5) is 5.82 Å². The number of hydrogen-bond acceptors (Lipinski definition) is 6. The number of aromatic nitrogens is 2. The third kappa shape index (κ3) is 6.12. The molecule has 1 heterocycles. The number of carboxylic acids is 1. The highest BCUT2D eigenvalue weighted by atomic mass is 16.5. The van der Waals surface area contributed by atoms with Crippen LogP contribution >= 0.6 is 0 Å². The fourth-order valence-corrected chi connectivity index (χ4v) is 1.42. The van der Waals surface area contributed by atoms with E-state index < -0.39 is 5.97 Å².